The van der Waals surface area contributed by atoms with Crippen LogP contribution in [0.15, 0.2) is 18.2 Å². The molecular formula is C13H13FN2O4. The fraction of sp³-hybridized carbons (Fsp3) is 0.462. The standard InChI is InChI=1S/C13H13FN2O4/c14-10-6-8(16(19)20)2-4-12(10)15-7-1-3-11(15)9(5-7)13(17)18/h2,4,6-7,9,11H,1,3,5H2,(H,17,18). The predicted octanol–water partition coefficient (Wildman–Crippen LogP) is 2.18. The van der Waals surface area contributed by atoms with Crippen molar-refractivity contribution in [1.82, 2.24) is 0 Å². The SMILES string of the molecule is O=C(O)C1CC2CCC1N2c1ccc([N+](=O)[O-])cc1F. The quantitative estimate of drug-likeness (QED) is 0.677. The number of carboxylic acids is 1. The predicted molar refractivity (Wildman–Crippen MR) is 68.1 cm³/mol. The summed E-state index contributed by atoms with van der Waals surface area (Å²) < 4.78 is 14.1. The molecule has 20 heavy (non-hydrogen) atoms. The Morgan fingerprint density at radius 2 is 2.20 bits per heavy atom. The number of hydrogen-bond acceptors (Lipinski definition) is 4. The van der Waals surface area contributed by atoms with E-state index in [1.54, 1.807) is 4.90 Å². The van der Waals surface area contributed by atoms with Gasteiger partial charge in [-0.25, -0.2) is 4.39 Å². The van der Waals surface area contributed by atoms with Crippen LogP contribution < -0.4 is 4.90 Å². The largest absolute Gasteiger partial charge is 0.481 e. The minimum atomic E-state index is -0.857. The van der Waals surface area contributed by atoms with Gasteiger partial charge in [-0.05, 0) is 25.3 Å². The highest BCUT2D eigenvalue weighted by Gasteiger charge is 2.50. The molecule has 2 saturated heterocycles. The van der Waals surface area contributed by atoms with Gasteiger partial charge >= 0.3 is 5.97 Å². The van der Waals surface area contributed by atoms with Crippen LogP contribution in [-0.2, 0) is 4.79 Å². The number of hydrogen-bond donors (Lipinski definition) is 1. The molecule has 2 fully saturated rings. The lowest BCUT2D eigenvalue weighted by Crippen LogP contribution is -2.33. The number of halogens is 1. The number of nitro groups is 1. The third kappa shape index (κ3) is 1.81. The lowest BCUT2D eigenvalue weighted by molar-refractivity contribution is -0.385. The van der Waals surface area contributed by atoms with Gasteiger partial charge in [0.05, 0.1) is 22.6 Å². The Labute approximate surface area is 114 Å². The number of carboxylic acid groups (broad SMARTS) is 1. The zero-order valence-electron chi connectivity index (χ0n) is 10.5. The van der Waals surface area contributed by atoms with Gasteiger partial charge in [-0.1, -0.05) is 0 Å². The van der Waals surface area contributed by atoms with Crippen LogP contribution in [0.3, 0.4) is 0 Å². The van der Waals surface area contributed by atoms with E-state index in [1.165, 1.54) is 12.1 Å². The summed E-state index contributed by atoms with van der Waals surface area (Å²) in [6, 6.07) is 3.32. The molecule has 106 valence electrons. The average Bonchev–Trinajstić information content (AvgIpc) is 2.96. The van der Waals surface area contributed by atoms with Gasteiger partial charge in [0.25, 0.3) is 5.69 Å². The third-order valence-corrected chi connectivity index (χ3v) is 4.27. The Kier molecular flexibility index (Phi) is 2.84. The first kappa shape index (κ1) is 12.8. The zero-order chi connectivity index (χ0) is 14.4. The monoisotopic (exact) mass is 280 g/mol. The van der Waals surface area contributed by atoms with E-state index in [0.717, 1.165) is 18.9 Å². The summed E-state index contributed by atoms with van der Waals surface area (Å²) in [7, 11) is 0. The van der Waals surface area contributed by atoms with E-state index in [-0.39, 0.29) is 23.5 Å². The molecule has 0 spiro atoms. The van der Waals surface area contributed by atoms with Gasteiger partial charge in [0.2, 0.25) is 0 Å². The number of benzene rings is 1. The molecule has 0 aliphatic carbocycles. The summed E-state index contributed by atoms with van der Waals surface area (Å²) in [5, 5.41) is 19.8. The molecule has 3 atom stereocenters. The van der Waals surface area contributed by atoms with Crippen molar-refractivity contribution in [2.24, 2.45) is 5.92 Å². The number of aliphatic carboxylic acids is 1. The molecule has 2 bridgehead atoms. The minimum Gasteiger partial charge on any atom is -0.481 e. The molecule has 0 radical (unpaired) electrons. The second-order valence-corrected chi connectivity index (χ2v) is 5.28. The summed E-state index contributed by atoms with van der Waals surface area (Å²) in [4.78, 5) is 22.9. The molecular weight excluding hydrogens is 267 g/mol. The number of nitrogens with zero attached hydrogens (tertiary/aromatic N) is 2. The number of rotatable bonds is 3. The Bertz CT molecular complexity index is 592. The first-order chi connectivity index (χ1) is 9.49. The highest BCUT2D eigenvalue weighted by atomic mass is 19.1. The molecule has 0 amide bonds. The molecule has 1 N–H and O–H groups in total. The van der Waals surface area contributed by atoms with Crippen LogP contribution in [-0.4, -0.2) is 28.1 Å². The molecule has 0 saturated carbocycles. The van der Waals surface area contributed by atoms with Gasteiger partial charge in [0.1, 0.15) is 0 Å². The van der Waals surface area contributed by atoms with Crippen LogP contribution in [0, 0.1) is 21.8 Å². The van der Waals surface area contributed by atoms with Gasteiger partial charge < -0.3 is 10.0 Å². The molecule has 6 nitrogen and oxygen atoms in total. The van der Waals surface area contributed by atoms with Gasteiger partial charge in [-0.2, -0.15) is 0 Å². The van der Waals surface area contributed by atoms with E-state index in [2.05, 4.69) is 0 Å². The maximum atomic E-state index is 14.1. The van der Waals surface area contributed by atoms with Crippen molar-refractivity contribution in [3.05, 3.63) is 34.1 Å². The summed E-state index contributed by atoms with van der Waals surface area (Å²) in [5.74, 6) is -2.00. The van der Waals surface area contributed by atoms with E-state index in [9.17, 15) is 24.4 Å². The second-order valence-electron chi connectivity index (χ2n) is 5.28. The van der Waals surface area contributed by atoms with Crippen molar-refractivity contribution in [1.29, 1.82) is 0 Å². The molecule has 7 heteroatoms. The van der Waals surface area contributed by atoms with Crippen LogP contribution >= 0.6 is 0 Å². The average molecular weight is 280 g/mol. The van der Waals surface area contributed by atoms with E-state index < -0.39 is 22.6 Å². The third-order valence-electron chi connectivity index (χ3n) is 4.27. The topological polar surface area (TPSA) is 83.7 Å². The maximum Gasteiger partial charge on any atom is 0.308 e. The highest BCUT2D eigenvalue weighted by Crippen LogP contribution is 2.45. The van der Waals surface area contributed by atoms with E-state index in [0.29, 0.717) is 6.42 Å². The molecule has 2 heterocycles. The number of fused-ring (bicyclic) bond motifs is 2. The van der Waals surface area contributed by atoms with Crippen molar-refractivity contribution < 1.29 is 19.2 Å². The zero-order valence-corrected chi connectivity index (χ0v) is 10.5. The first-order valence-electron chi connectivity index (χ1n) is 6.44. The normalized spacial score (nSPS) is 27.9. The van der Waals surface area contributed by atoms with Crippen molar-refractivity contribution in [3.63, 3.8) is 0 Å². The lowest BCUT2D eigenvalue weighted by atomic mass is 9.89. The molecule has 0 aromatic heterocycles. The Morgan fingerprint density at radius 1 is 1.45 bits per heavy atom. The summed E-state index contributed by atoms with van der Waals surface area (Å²) in [5.41, 5.74) is -0.0283. The van der Waals surface area contributed by atoms with Crippen LogP contribution in [0.4, 0.5) is 15.8 Å². The first-order valence-corrected chi connectivity index (χ1v) is 6.44. The molecule has 2 aliphatic rings. The number of carbonyl (C=O) groups is 1. The van der Waals surface area contributed by atoms with Crippen LogP contribution in [0.2, 0.25) is 0 Å². The van der Waals surface area contributed by atoms with Gasteiger partial charge in [0.15, 0.2) is 5.82 Å². The summed E-state index contributed by atoms with van der Waals surface area (Å²) >= 11 is 0. The van der Waals surface area contributed by atoms with Gasteiger partial charge in [-0.15, -0.1) is 0 Å². The Balaban J connectivity index is 1.94. The molecule has 1 aromatic carbocycles. The maximum absolute atomic E-state index is 14.1. The van der Waals surface area contributed by atoms with Gasteiger partial charge in [-0.3, -0.25) is 14.9 Å². The molecule has 3 rings (SSSR count). The van der Waals surface area contributed by atoms with Crippen molar-refractivity contribution in [2.45, 2.75) is 31.3 Å². The Hall–Kier alpha value is -2.18. The van der Waals surface area contributed by atoms with Crippen molar-refractivity contribution in [3.8, 4) is 0 Å². The second kappa shape index (κ2) is 4.43. The Morgan fingerprint density at radius 3 is 2.75 bits per heavy atom. The smallest absolute Gasteiger partial charge is 0.308 e. The van der Waals surface area contributed by atoms with Crippen LogP contribution in [0.1, 0.15) is 19.3 Å². The number of anilines is 1. The van der Waals surface area contributed by atoms with E-state index in [1.807, 2.05) is 0 Å². The summed E-state index contributed by atoms with van der Waals surface area (Å²) in [6.45, 7) is 0. The molecule has 2 aliphatic heterocycles. The summed E-state index contributed by atoms with van der Waals surface area (Å²) in [6.07, 6.45) is 2.07. The molecule has 3 unspecified atom stereocenters. The van der Waals surface area contributed by atoms with Gasteiger partial charge in [0, 0.05) is 18.2 Å². The van der Waals surface area contributed by atoms with Crippen LogP contribution in [0.5, 0.6) is 0 Å². The van der Waals surface area contributed by atoms with E-state index in [4.69, 9.17) is 0 Å². The number of nitro benzene ring substituents is 1. The van der Waals surface area contributed by atoms with E-state index >= 15 is 0 Å². The van der Waals surface area contributed by atoms with Crippen molar-refractivity contribution in [2.75, 3.05) is 4.90 Å². The lowest BCUT2D eigenvalue weighted by Gasteiger charge is -2.25. The van der Waals surface area contributed by atoms with Crippen LogP contribution in [0.25, 0.3) is 0 Å². The number of non-ortho nitro benzene ring substituents is 1. The minimum absolute atomic E-state index is 0.0112. The van der Waals surface area contributed by atoms with Crippen molar-refractivity contribution >= 4 is 17.3 Å². The highest BCUT2D eigenvalue weighted by molar-refractivity contribution is 5.74. The fourth-order valence-corrected chi connectivity index (χ4v) is 3.45. The molecule has 1 aromatic rings. The fourth-order valence-electron chi connectivity index (χ4n) is 3.45.